The van der Waals surface area contributed by atoms with Gasteiger partial charge in [-0.15, -0.1) is 0 Å². The number of carbonyl (C=O) groups is 1. The molecule has 0 spiro atoms. The van der Waals surface area contributed by atoms with E-state index in [1.165, 1.54) is 0 Å². The van der Waals surface area contributed by atoms with Gasteiger partial charge in [-0.25, -0.2) is 9.97 Å². The van der Waals surface area contributed by atoms with Crippen molar-refractivity contribution in [2.24, 2.45) is 0 Å². The highest BCUT2D eigenvalue weighted by Gasteiger charge is 2.39. The van der Waals surface area contributed by atoms with E-state index < -0.39 is 14.4 Å². The Bertz CT molecular complexity index is 388. The second-order valence-electron chi connectivity index (χ2n) is 5.92. The molecule has 0 aliphatic heterocycles. The predicted molar refractivity (Wildman–Crippen MR) is 73.9 cm³/mol. The van der Waals surface area contributed by atoms with Gasteiger partial charge in [-0.3, -0.25) is 0 Å². The number of carbonyl (C=O) groups excluding carboxylic acids is 1. The minimum Gasteiger partial charge on any atom is -0.407 e. The normalized spacial score (nSPS) is 14.3. The van der Waals surface area contributed by atoms with E-state index in [2.05, 4.69) is 43.8 Å². The van der Waals surface area contributed by atoms with Gasteiger partial charge in [-0.05, 0) is 24.2 Å². The lowest BCUT2D eigenvalue weighted by atomic mass is 10.2. The Morgan fingerprint density at radius 1 is 1.33 bits per heavy atom. The van der Waals surface area contributed by atoms with E-state index in [0.29, 0.717) is 12.2 Å². The first-order chi connectivity index (χ1) is 8.26. The summed E-state index contributed by atoms with van der Waals surface area (Å²) in [6.07, 6.45) is 4.20. The molecule has 0 fully saturated rings. The second-order valence-corrected chi connectivity index (χ2v) is 10.7. The quantitative estimate of drug-likeness (QED) is 0.607. The van der Waals surface area contributed by atoms with Crippen LogP contribution < -0.4 is 0 Å². The number of aromatic nitrogens is 2. The molecule has 5 heteroatoms. The van der Waals surface area contributed by atoms with Gasteiger partial charge in [-0.1, -0.05) is 20.8 Å². The first kappa shape index (κ1) is 15.0. The summed E-state index contributed by atoms with van der Waals surface area (Å²) < 4.78 is 6.05. The summed E-state index contributed by atoms with van der Waals surface area (Å²) in [4.78, 5) is 19.4. The van der Waals surface area contributed by atoms with Gasteiger partial charge < -0.3 is 9.22 Å². The van der Waals surface area contributed by atoms with Crippen molar-refractivity contribution in [2.75, 3.05) is 0 Å². The zero-order valence-corrected chi connectivity index (χ0v) is 12.8. The van der Waals surface area contributed by atoms with E-state index in [9.17, 15) is 4.79 Å². The van der Waals surface area contributed by atoms with Crippen LogP contribution in [0, 0.1) is 0 Å². The number of hydrogen-bond acceptors (Lipinski definition) is 4. The number of rotatable bonds is 5. The van der Waals surface area contributed by atoms with Gasteiger partial charge in [0.15, 0.2) is 8.32 Å². The fourth-order valence-electron chi connectivity index (χ4n) is 1.29. The van der Waals surface area contributed by atoms with Crippen LogP contribution in [0.5, 0.6) is 0 Å². The van der Waals surface area contributed by atoms with Crippen LogP contribution in [0.4, 0.5) is 0 Å². The minimum absolute atomic E-state index is 0.0891. The molecule has 4 nitrogen and oxygen atoms in total. The molecular weight excluding hydrogens is 244 g/mol. The van der Waals surface area contributed by atoms with Crippen LogP contribution >= 0.6 is 0 Å². The fraction of sp³-hybridized carbons (Fsp3) is 0.615. The van der Waals surface area contributed by atoms with Crippen LogP contribution in [0.25, 0.3) is 0 Å². The molecule has 1 heterocycles. The summed E-state index contributed by atoms with van der Waals surface area (Å²) in [5, 5.41) is 0.0891. The monoisotopic (exact) mass is 266 g/mol. The van der Waals surface area contributed by atoms with E-state index in [1.807, 2.05) is 0 Å². The summed E-state index contributed by atoms with van der Waals surface area (Å²) in [5.41, 5.74) is 0. The molecule has 1 rings (SSSR count). The molecule has 0 amide bonds. The van der Waals surface area contributed by atoms with Gasteiger partial charge in [0.25, 0.3) is 0 Å². The second kappa shape index (κ2) is 5.71. The molecule has 1 aromatic rings. The average Bonchev–Trinajstić information content (AvgIpc) is 2.27. The summed E-state index contributed by atoms with van der Waals surface area (Å²) in [7, 11) is -1.93. The van der Waals surface area contributed by atoms with Gasteiger partial charge in [0.2, 0.25) is 0 Å². The maximum atomic E-state index is 11.2. The van der Waals surface area contributed by atoms with E-state index in [-0.39, 0.29) is 5.04 Å². The van der Waals surface area contributed by atoms with Crippen LogP contribution in [0.1, 0.15) is 26.6 Å². The maximum Gasteiger partial charge on any atom is 0.193 e. The number of nitrogens with zero attached hydrogens (tertiary/aromatic N) is 2. The lowest BCUT2D eigenvalue weighted by Crippen LogP contribution is -2.45. The van der Waals surface area contributed by atoms with Crippen LogP contribution in [-0.2, 0) is 15.6 Å². The van der Waals surface area contributed by atoms with Crippen molar-refractivity contribution in [3.05, 3.63) is 24.3 Å². The standard InChI is InChI=1S/C13H22N2O2Si/c1-13(2,3)18(4,5)17-11(10-16)9-12-14-7-6-8-15-12/h6-8,10-11H,9H2,1-5H3. The van der Waals surface area contributed by atoms with Gasteiger partial charge in [0.05, 0.1) is 0 Å². The molecule has 1 unspecified atom stereocenters. The van der Waals surface area contributed by atoms with Crippen molar-refractivity contribution >= 4 is 14.6 Å². The van der Waals surface area contributed by atoms with E-state index in [4.69, 9.17) is 4.43 Å². The summed E-state index contributed by atoms with van der Waals surface area (Å²) in [6.45, 7) is 10.7. The predicted octanol–water partition coefficient (Wildman–Crippen LogP) is 2.61. The first-order valence-corrected chi connectivity index (χ1v) is 9.06. The van der Waals surface area contributed by atoms with E-state index in [0.717, 1.165) is 6.29 Å². The highest BCUT2D eigenvalue weighted by Crippen LogP contribution is 2.37. The molecule has 100 valence electrons. The Kier molecular flexibility index (Phi) is 4.75. The third-order valence-electron chi connectivity index (χ3n) is 3.41. The SMILES string of the molecule is CC(C)(C)[Si](C)(C)OC(C=O)Cc1ncccn1. The van der Waals surface area contributed by atoms with E-state index >= 15 is 0 Å². The zero-order valence-electron chi connectivity index (χ0n) is 11.8. The Balaban J connectivity index is 2.72. The Morgan fingerprint density at radius 3 is 2.33 bits per heavy atom. The average molecular weight is 266 g/mol. The molecule has 18 heavy (non-hydrogen) atoms. The van der Waals surface area contributed by atoms with Crippen LogP contribution in [0.3, 0.4) is 0 Å². The molecule has 1 atom stereocenters. The van der Waals surface area contributed by atoms with Gasteiger partial charge >= 0.3 is 0 Å². The van der Waals surface area contributed by atoms with Crippen molar-refractivity contribution < 1.29 is 9.22 Å². The van der Waals surface area contributed by atoms with Crippen molar-refractivity contribution in [2.45, 2.75) is 51.4 Å². The smallest absolute Gasteiger partial charge is 0.193 e. The highest BCUT2D eigenvalue weighted by molar-refractivity contribution is 6.74. The molecule has 0 radical (unpaired) electrons. The number of hydrogen-bond donors (Lipinski definition) is 0. The molecule has 0 N–H and O–H groups in total. The lowest BCUT2D eigenvalue weighted by Gasteiger charge is -2.37. The molecule has 0 bridgehead atoms. The van der Waals surface area contributed by atoms with Crippen molar-refractivity contribution in [3.63, 3.8) is 0 Å². The third-order valence-corrected chi connectivity index (χ3v) is 7.91. The van der Waals surface area contributed by atoms with Crippen molar-refractivity contribution in [3.8, 4) is 0 Å². The molecule has 0 saturated heterocycles. The van der Waals surface area contributed by atoms with Crippen molar-refractivity contribution in [1.82, 2.24) is 9.97 Å². The van der Waals surface area contributed by atoms with Crippen LogP contribution in [-0.4, -0.2) is 30.7 Å². The topological polar surface area (TPSA) is 52.1 Å². The largest absolute Gasteiger partial charge is 0.407 e. The summed E-state index contributed by atoms with van der Waals surface area (Å²) in [5.74, 6) is 0.647. The molecule has 0 aliphatic rings. The summed E-state index contributed by atoms with van der Waals surface area (Å²) >= 11 is 0. The molecule has 0 aromatic carbocycles. The first-order valence-electron chi connectivity index (χ1n) is 6.15. The zero-order chi connectivity index (χ0) is 13.8. The third kappa shape index (κ3) is 3.99. The van der Waals surface area contributed by atoms with Crippen LogP contribution in [0.2, 0.25) is 18.1 Å². The van der Waals surface area contributed by atoms with Gasteiger partial charge in [0, 0.05) is 18.8 Å². The van der Waals surface area contributed by atoms with E-state index in [1.54, 1.807) is 18.5 Å². The Morgan fingerprint density at radius 2 is 1.89 bits per heavy atom. The van der Waals surface area contributed by atoms with Crippen LogP contribution in [0.15, 0.2) is 18.5 Å². The molecular formula is C13H22N2O2Si. The number of aldehydes is 1. The lowest BCUT2D eigenvalue weighted by molar-refractivity contribution is -0.114. The molecule has 1 aromatic heterocycles. The maximum absolute atomic E-state index is 11.2. The minimum atomic E-state index is -1.93. The van der Waals surface area contributed by atoms with Crippen molar-refractivity contribution in [1.29, 1.82) is 0 Å². The molecule has 0 aliphatic carbocycles. The fourth-order valence-corrected chi connectivity index (χ4v) is 2.54. The molecule has 0 saturated carbocycles. The van der Waals surface area contributed by atoms with Gasteiger partial charge in [0.1, 0.15) is 18.2 Å². The highest BCUT2D eigenvalue weighted by atomic mass is 28.4. The Labute approximate surface area is 110 Å². The summed E-state index contributed by atoms with van der Waals surface area (Å²) in [6, 6.07) is 1.76. The van der Waals surface area contributed by atoms with Gasteiger partial charge in [-0.2, -0.15) is 0 Å². The Hall–Kier alpha value is -1.07.